The van der Waals surface area contributed by atoms with E-state index in [4.69, 9.17) is 4.98 Å². The Morgan fingerprint density at radius 2 is 1.93 bits per heavy atom. The number of fused-ring (bicyclic) bond motifs is 3. The maximum atomic E-state index is 11.4. The molecule has 0 aliphatic rings. The van der Waals surface area contributed by atoms with E-state index >= 15 is 0 Å². The van der Waals surface area contributed by atoms with Gasteiger partial charge in [-0.05, 0) is 61.7 Å². The van der Waals surface area contributed by atoms with Crippen LogP contribution in [0.4, 0.5) is 10.6 Å². The number of rotatable bonds is 8. The lowest BCUT2D eigenvalue weighted by atomic mass is 10.1. The van der Waals surface area contributed by atoms with Gasteiger partial charge in [-0.25, -0.2) is 14.8 Å². The van der Waals surface area contributed by atoms with Crippen molar-refractivity contribution in [3.63, 3.8) is 0 Å². The second-order valence-electron chi connectivity index (χ2n) is 8.14. The summed E-state index contributed by atoms with van der Waals surface area (Å²) in [5, 5.41) is 12.8. The number of carbonyl (C=O) groups is 1. The number of anilines is 1. The lowest BCUT2D eigenvalue weighted by Crippen LogP contribution is -2.45. The molecule has 1 aromatic carbocycles. The Kier molecular flexibility index (Phi) is 6.62. The van der Waals surface area contributed by atoms with Gasteiger partial charge >= 0.3 is 6.09 Å². The predicted octanol–water partition coefficient (Wildman–Crippen LogP) is 5.40. The van der Waals surface area contributed by atoms with Gasteiger partial charge in [0.05, 0.1) is 17.2 Å². The van der Waals surface area contributed by atoms with Crippen molar-refractivity contribution in [2.75, 3.05) is 18.4 Å². The van der Waals surface area contributed by atoms with Crippen molar-refractivity contribution in [1.82, 2.24) is 19.3 Å². The summed E-state index contributed by atoms with van der Waals surface area (Å²) < 4.78 is 2.95. The normalized spacial score (nSPS) is 11.9. The SMILES string of the molecule is CC(C)(C)N(CCCCCCNc1nc2ccccc2n2c(Br)cnc12)C(=O)O. The number of hydrogen-bond acceptors (Lipinski definition) is 4. The van der Waals surface area contributed by atoms with Gasteiger partial charge in [-0.3, -0.25) is 4.40 Å². The molecule has 8 heteroatoms. The molecule has 0 saturated heterocycles. The van der Waals surface area contributed by atoms with Crippen molar-refractivity contribution in [3.05, 3.63) is 35.1 Å². The Balaban J connectivity index is 1.52. The molecular weight excluding hydrogens is 434 g/mol. The van der Waals surface area contributed by atoms with E-state index in [1.807, 2.05) is 45.0 Å². The van der Waals surface area contributed by atoms with Crippen LogP contribution in [0.3, 0.4) is 0 Å². The second kappa shape index (κ2) is 8.98. The van der Waals surface area contributed by atoms with E-state index in [1.54, 1.807) is 6.20 Å². The van der Waals surface area contributed by atoms with Gasteiger partial charge in [0, 0.05) is 18.6 Å². The Morgan fingerprint density at radius 1 is 1.21 bits per heavy atom. The highest BCUT2D eigenvalue weighted by molar-refractivity contribution is 9.10. The average molecular weight is 462 g/mol. The number of halogens is 1. The van der Waals surface area contributed by atoms with Gasteiger partial charge in [-0.2, -0.15) is 0 Å². The summed E-state index contributed by atoms with van der Waals surface area (Å²) >= 11 is 3.57. The molecule has 3 aromatic rings. The molecule has 7 nitrogen and oxygen atoms in total. The Labute approximate surface area is 179 Å². The summed E-state index contributed by atoms with van der Waals surface area (Å²) in [5.41, 5.74) is 2.37. The van der Waals surface area contributed by atoms with Crippen LogP contribution in [0.5, 0.6) is 0 Å². The molecule has 0 saturated carbocycles. The van der Waals surface area contributed by atoms with Crippen molar-refractivity contribution in [2.24, 2.45) is 0 Å². The zero-order valence-electron chi connectivity index (χ0n) is 17.2. The molecule has 2 heterocycles. The lowest BCUT2D eigenvalue weighted by molar-refractivity contribution is 0.0990. The van der Waals surface area contributed by atoms with E-state index in [0.29, 0.717) is 6.54 Å². The number of imidazole rings is 1. The molecule has 0 bridgehead atoms. The van der Waals surface area contributed by atoms with Crippen molar-refractivity contribution in [1.29, 1.82) is 0 Å². The van der Waals surface area contributed by atoms with E-state index in [2.05, 4.69) is 30.6 Å². The van der Waals surface area contributed by atoms with Gasteiger partial charge in [0.2, 0.25) is 0 Å². The first-order valence-corrected chi connectivity index (χ1v) is 10.7. The van der Waals surface area contributed by atoms with Crippen LogP contribution in [0.1, 0.15) is 46.5 Å². The Hall–Kier alpha value is -2.35. The first-order valence-electron chi connectivity index (χ1n) is 9.95. The fourth-order valence-corrected chi connectivity index (χ4v) is 3.90. The van der Waals surface area contributed by atoms with Gasteiger partial charge in [0.15, 0.2) is 11.5 Å². The summed E-state index contributed by atoms with van der Waals surface area (Å²) in [4.78, 5) is 22.1. The number of unbranched alkanes of at least 4 members (excludes halogenated alkanes) is 3. The van der Waals surface area contributed by atoms with Crippen molar-refractivity contribution in [2.45, 2.75) is 52.0 Å². The van der Waals surface area contributed by atoms with Crippen molar-refractivity contribution >= 4 is 44.5 Å². The topological polar surface area (TPSA) is 82.8 Å². The number of hydrogen-bond donors (Lipinski definition) is 2. The molecular formula is C21H28BrN5O2. The summed E-state index contributed by atoms with van der Waals surface area (Å²) in [7, 11) is 0. The zero-order valence-corrected chi connectivity index (χ0v) is 18.7. The maximum absolute atomic E-state index is 11.4. The minimum Gasteiger partial charge on any atom is -0.465 e. The second-order valence-corrected chi connectivity index (χ2v) is 8.95. The number of amides is 1. The molecule has 3 rings (SSSR count). The third kappa shape index (κ3) is 4.98. The van der Waals surface area contributed by atoms with Gasteiger partial charge in [-0.15, -0.1) is 0 Å². The number of nitrogens with one attached hydrogen (secondary N) is 1. The third-order valence-corrected chi connectivity index (χ3v) is 5.49. The minimum atomic E-state index is -0.851. The van der Waals surface area contributed by atoms with Crippen LogP contribution in [-0.4, -0.2) is 49.1 Å². The van der Waals surface area contributed by atoms with Gasteiger partial charge in [0.25, 0.3) is 0 Å². The van der Waals surface area contributed by atoms with Crippen LogP contribution in [0.25, 0.3) is 16.7 Å². The molecule has 0 unspecified atom stereocenters. The summed E-state index contributed by atoms with van der Waals surface area (Å²) in [6, 6.07) is 8.00. The van der Waals surface area contributed by atoms with Gasteiger partial charge in [-0.1, -0.05) is 25.0 Å². The molecule has 0 atom stereocenters. The number of carboxylic acid groups (broad SMARTS) is 1. The molecule has 29 heavy (non-hydrogen) atoms. The number of nitrogens with zero attached hydrogens (tertiary/aromatic N) is 4. The van der Waals surface area contributed by atoms with E-state index in [0.717, 1.165) is 59.3 Å². The summed E-state index contributed by atoms with van der Waals surface area (Å²) in [6.07, 6.45) is 4.83. The first kappa shape index (κ1) is 21.4. The molecule has 2 aromatic heterocycles. The largest absolute Gasteiger partial charge is 0.465 e. The first-order chi connectivity index (χ1) is 13.8. The number of aromatic nitrogens is 3. The quantitative estimate of drug-likeness (QED) is 0.439. The van der Waals surface area contributed by atoms with Crippen LogP contribution < -0.4 is 5.32 Å². The van der Waals surface area contributed by atoms with Crippen LogP contribution in [0.15, 0.2) is 35.1 Å². The van der Waals surface area contributed by atoms with E-state index < -0.39 is 6.09 Å². The van der Waals surface area contributed by atoms with Crippen LogP contribution in [0, 0.1) is 0 Å². The maximum Gasteiger partial charge on any atom is 0.407 e. The number of para-hydroxylation sites is 2. The fourth-order valence-electron chi connectivity index (χ4n) is 3.44. The molecule has 1 amide bonds. The third-order valence-electron chi connectivity index (χ3n) is 4.93. The molecule has 0 aliphatic heterocycles. The average Bonchev–Trinajstić information content (AvgIpc) is 3.04. The molecule has 0 spiro atoms. The van der Waals surface area contributed by atoms with E-state index in [1.165, 1.54) is 4.90 Å². The molecule has 2 N–H and O–H groups in total. The van der Waals surface area contributed by atoms with Crippen LogP contribution in [0.2, 0.25) is 0 Å². The van der Waals surface area contributed by atoms with Gasteiger partial charge in [0.1, 0.15) is 4.60 Å². The monoisotopic (exact) mass is 461 g/mol. The van der Waals surface area contributed by atoms with Crippen LogP contribution in [-0.2, 0) is 0 Å². The highest BCUT2D eigenvalue weighted by Gasteiger charge is 2.25. The fraction of sp³-hybridized carbons (Fsp3) is 0.476. The van der Waals surface area contributed by atoms with E-state index in [9.17, 15) is 9.90 Å². The highest BCUT2D eigenvalue weighted by Crippen LogP contribution is 2.25. The number of benzene rings is 1. The smallest absolute Gasteiger partial charge is 0.407 e. The van der Waals surface area contributed by atoms with Crippen molar-refractivity contribution in [3.8, 4) is 0 Å². The minimum absolute atomic E-state index is 0.362. The summed E-state index contributed by atoms with van der Waals surface area (Å²) in [5.74, 6) is 0.777. The van der Waals surface area contributed by atoms with Gasteiger partial charge < -0.3 is 15.3 Å². The molecule has 0 aliphatic carbocycles. The molecule has 0 fully saturated rings. The summed E-state index contributed by atoms with van der Waals surface area (Å²) in [6.45, 7) is 7.15. The standard InChI is InChI=1S/C21H28BrN5O2/c1-21(2,3)26(20(28)29)13-9-5-4-8-12-23-18-19-24-14-17(22)27(19)16-11-7-6-10-15(16)25-18/h6-7,10-11,14H,4-5,8-9,12-13H2,1-3H3,(H,23,25)(H,28,29). The van der Waals surface area contributed by atoms with Crippen molar-refractivity contribution < 1.29 is 9.90 Å². The lowest BCUT2D eigenvalue weighted by Gasteiger charge is -2.33. The molecule has 156 valence electrons. The Bertz CT molecular complexity index is 996. The predicted molar refractivity (Wildman–Crippen MR) is 120 cm³/mol. The zero-order chi connectivity index (χ0) is 21.0. The van der Waals surface area contributed by atoms with E-state index in [-0.39, 0.29) is 5.54 Å². The molecule has 0 radical (unpaired) electrons. The van der Waals surface area contributed by atoms with Crippen LogP contribution >= 0.6 is 15.9 Å². The Morgan fingerprint density at radius 3 is 2.66 bits per heavy atom. The highest BCUT2D eigenvalue weighted by atomic mass is 79.9.